The highest BCUT2D eigenvalue weighted by Crippen LogP contribution is 2.50. The number of carbonyl (C=O) groups is 1. The van der Waals surface area contributed by atoms with Gasteiger partial charge in [-0.3, -0.25) is 4.90 Å². The minimum Gasteiger partial charge on any atom is -0.334 e. The Morgan fingerprint density at radius 3 is 2.65 bits per heavy atom. The second-order valence-electron chi connectivity index (χ2n) is 10.3. The molecule has 37 heavy (non-hydrogen) atoms. The van der Waals surface area contributed by atoms with Crippen LogP contribution in [0.5, 0.6) is 0 Å². The first-order chi connectivity index (χ1) is 18.1. The van der Waals surface area contributed by atoms with Gasteiger partial charge < -0.3 is 5.32 Å². The smallest absolute Gasteiger partial charge is 0.322 e. The number of amides is 2. The lowest BCUT2D eigenvalue weighted by Crippen LogP contribution is -2.41. The Labute approximate surface area is 221 Å². The minimum absolute atomic E-state index is 0.0769. The first-order valence-corrected chi connectivity index (χ1v) is 14.1. The van der Waals surface area contributed by atoms with Crippen molar-refractivity contribution in [1.82, 2.24) is 20.3 Å². The van der Waals surface area contributed by atoms with E-state index in [0.29, 0.717) is 19.0 Å². The lowest BCUT2D eigenvalue weighted by molar-refractivity contribution is 0.245. The first kappa shape index (κ1) is 23.9. The Hall–Kier alpha value is -3.44. The average molecular weight is 511 g/mol. The number of hydrogen-bond donors (Lipinski definition) is 1. The molecule has 6 rings (SSSR count). The van der Waals surface area contributed by atoms with Gasteiger partial charge in [0, 0.05) is 41.1 Å². The summed E-state index contributed by atoms with van der Waals surface area (Å²) >= 11 is 1.81. The van der Waals surface area contributed by atoms with Crippen LogP contribution in [0.2, 0.25) is 0 Å². The highest BCUT2D eigenvalue weighted by Gasteiger charge is 2.48. The predicted octanol–water partition coefficient (Wildman–Crippen LogP) is 5.94. The van der Waals surface area contributed by atoms with Gasteiger partial charge in [-0.15, -0.1) is 11.8 Å². The number of nitrogens with one attached hydrogen (secondary N) is 1. The van der Waals surface area contributed by atoms with Crippen molar-refractivity contribution >= 4 is 23.5 Å². The molecule has 2 amide bonds. The van der Waals surface area contributed by atoms with E-state index in [2.05, 4.69) is 52.5 Å². The average Bonchev–Trinajstić information content (AvgIpc) is 3.60. The molecule has 2 aliphatic carbocycles. The zero-order valence-corrected chi connectivity index (χ0v) is 21.9. The van der Waals surface area contributed by atoms with Gasteiger partial charge in [0.05, 0.1) is 22.8 Å². The fourth-order valence-corrected chi connectivity index (χ4v) is 6.42. The van der Waals surface area contributed by atoms with Crippen LogP contribution in [0.3, 0.4) is 0 Å². The highest BCUT2D eigenvalue weighted by atomic mass is 32.2. The maximum atomic E-state index is 13.4. The summed E-state index contributed by atoms with van der Waals surface area (Å²) in [5, 5.41) is 12.4. The maximum Gasteiger partial charge on any atom is 0.322 e. The molecule has 3 heterocycles. The molecule has 7 nitrogen and oxygen atoms in total. The van der Waals surface area contributed by atoms with E-state index in [1.807, 2.05) is 28.8 Å². The van der Waals surface area contributed by atoms with E-state index in [-0.39, 0.29) is 17.3 Å². The lowest BCUT2D eigenvalue weighted by atomic mass is 9.84. The fourth-order valence-electron chi connectivity index (χ4n) is 5.76. The molecule has 1 N–H and O–H groups in total. The molecule has 8 heteroatoms. The molecule has 2 saturated carbocycles. The third-order valence-electron chi connectivity index (χ3n) is 7.77. The quantitative estimate of drug-likeness (QED) is 0.412. The van der Waals surface area contributed by atoms with Gasteiger partial charge in [-0.25, -0.2) is 19.7 Å². The Morgan fingerprint density at radius 2 is 1.95 bits per heavy atom. The molecular weight excluding hydrogens is 480 g/mol. The summed E-state index contributed by atoms with van der Waals surface area (Å²) < 4.78 is 0. The molecule has 2 aromatic heterocycles. The van der Waals surface area contributed by atoms with Gasteiger partial charge in [0.1, 0.15) is 6.07 Å². The third kappa shape index (κ3) is 4.57. The van der Waals surface area contributed by atoms with Crippen LogP contribution in [0.15, 0.2) is 47.5 Å². The molecule has 1 spiro atoms. The number of anilines is 1. The Balaban J connectivity index is 1.28. The number of nitriles is 1. The molecule has 3 aliphatic rings. The molecule has 0 atom stereocenters. The van der Waals surface area contributed by atoms with E-state index >= 15 is 0 Å². The van der Waals surface area contributed by atoms with Gasteiger partial charge in [0.2, 0.25) is 5.82 Å². The van der Waals surface area contributed by atoms with Gasteiger partial charge in [-0.05, 0) is 61.3 Å². The van der Waals surface area contributed by atoms with Crippen LogP contribution in [0.25, 0.3) is 11.3 Å². The molecule has 2 fully saturated rings. The number of nitrogens with zero attached hydrogens (tertiary/aromatic N) is 5. The monoisotopic (exact) mass is 510 g/mol. The standard InChI is InChI=1S/C29H30N6OS/c1-2-37-21-9-5-19(6-10-21)16-32-28(36)35-18-29(13-3-4-14-29)27-24(35)12-11-23(33-27)22-17-31-25(15-30)34-26(22)20-7-8-20/h5-6,9-12,17,20H,2-4,7-8,13-14,16,18H2,1H3,(H,32,36). The molecule has 1 aromatic carbocycles. The summed E-state index contributed by atoms with van der Waals surface area (Å²) in [6, 6.07) is 14.4. The Morgan fingerprint density at radius 1 is 1.16 bits per heavy atom. The normalized spacial score (nSPS) is 17.6. The Bertz CT molecular complexity index is 1370. The van der Waals surface area contributed by atoms with E-state index in [1.165, 1.54) is 4.90 Å². The van der Waals surface area contributed by atoms with Crippen molar-refractivity contribution in [3.8, 4) is 17.3 Å². The van der Waals surface area contributed by atoms with Gasteiger partial charge in [-0.2, -0.15) is 5.26 Å². The van der Waals surface area contributed by atoms with Crippen molar-refractivity contribution in [2.45, 2.75) is 68.2 Å². The number of hydrogen-bond acceptors (Lipinski definition) is 6. The number of fused-ring (bicyclic) bond motifs is 2. The number of thioether (sulfide) groups is 1. The van der Waals surface area contributed by atoms with Crippen LogP contribution >= 0.6 is 11.8 Å². The molecular formula is C29H30N6OS. The van der Waals surface area contributed by atoms with Crippen molar-refractivity contribution in [2.24, 2.45) is 0 Å². The number of aromatic nitrogens is 3. The van der Waals surface area contributed by atoms with Crippen molar-refractivity contribution < 1.29 is 4.79 Å². The van der Waals surface area contributed by atoms with E-state index in [9.17, 15) is 10.1 Å². The van der Waals surface area contributed by atoms with Gasteiger partial charge >= 0.3 is 6.03 Å². The zero-order chi connectivity index (χ0) is 25.4. The van der Waals surface area contributed by atoms with Gasteiger partial charge in [0.15, 0.2) is 0 Å². The molecule has 0 bridgehead atoms. The largest absolute Gasteiger partial charge is 0.334 e. The zero-order valence-electron chi connectivity index (χ0n) is 21.0. The van der Waals surface area contributed by atoms with Crippen LogP contribution in [0.4, 0.5) is 10.5 Å². The Kier molecular flexibility index (Phi) is 6.33. The van der Waals surface area contributed by atoms with Gasteiger partial charge in [-0.1, -0.05) is 31.9 Å². The molecule has 0 radical (unpaired) electrons. The van der Waals surface area contributed by atoms with E-state index in [4.69, 9.17) is 4.98 Å². The summed E-state index contributed by atoms with van der Waals surface area (Å²) in [5.74, 6) is 1.63. The summed E-state index contributed by atoms with van der Waals surface area (Å²) in [6.45, 7) is 3.30. The number of benzene rings is 1. The predicted molar refractivity (Wildman–Crippen MR) is 145 cm³/mol. The van der Waals surface area contributed by atoms with Gasteiger partial charge in [0.25, 0.3) is 0 Å². The highest BCUT2D eigenvalue weighted by molar-refractivity contribution is 7.99. The molecule has 188 valence electrons. The SMILES string of the molecule is CCSc1ccc(CNC(=O)N2CC3(CCCC3)c3nc(-c4cnc(C#N)nc4C4CC4)ccc32)cc1. The number of rotatable bonds is 6. The summed E-state index contributed by atoms with van der Waals surface area (Å²) in [5.41, 5.74) is 5.58. The van der Waals surface area contributed by atoms with Crippen molar-refractivity contribution in [3.63, 3.8) is 0 Å². The molecule has 1 aliphatic heterocycles. The third-order valence-corrected chi connectivity index (χ3v) is 8.66. The summed E-state index contributed by atoms with van der Waals surface area (Å²) in [7, 11) is 0. The molecule has 0 unspecified atom stereocenters. The first-order valence-electron chi connectivity index (χ1n) is 13.2. The lowest BCUT2D eigenvalue weighted by Gasteiger charge is -2.24. The van der Waals surface area contributed by atoms with Crippen LogP contribution in [-0.4, -0.2) is 33.3 Å². The topological polar surface area (TPSA) is 94.8 Å². The number of pyridine rings is 1. The molecule has 3 aromatic rings. The van der Waals surface area contributed by atoms with E-state index in [1.54, 1.807) is 6.20 Å². The van der Waals surface area contributed by atoms with Crippen molar-refractivity contribution in [2.75, 3.05) is 17.2 Å². The minimum atomic E-state index is -0.102. The summed E-state index contributed by atoms with van der Waals surface area (Å²) in [4.78, 5) is 30.5. The van der Waals surface area contributed by atoms with Crippen LogP contribution in [0.1, 0.15) is 74.1 Å². The maximum absolute atomic E-state index is 13.4. The van der Waals surface area contributed by atoms with Crippen molar-refractivity contribution in [1.29, 1.82) is 5.26 Å². The van der Waals surface area contributed by atoms with Crippen LogP contribution in [-0.2, 0) is 12.0 Å². The van der Waals surface area contributed by atoms with Crippen molar-refractivity contribution in [3.05, 3.63) is 65.4 Å². The molecule has 0 saturated heterocycles. The summed E-state index contributed by atoms with van der Waals surface area (Å²) in [6.07, 6.45) is 8.29. The van der Waals surface area contributed by atoms with Crippen LogP contribution < -0.4 is 10.2 Å². The van der Waals surface area contributed by atoms with E-state index < -0.39 is 0 Å². The number of urea groups is 1. The number of carbonyl (C=O) groups excluding carboxylic acids is 1. The van der Waals surface area contributed by atoms with E-state index in [0.717, 1.165) is 78.2 Å². The van der Waals surface area contributed by atoms with Crippen LogP contribution in [0, 0.1) is 11.3 Å². The second-order valence-corrected chi connectivity index (χ2v) is 11.6. The fraction of sp³-hybridized carbons (Fsp3) is 0.414. The second kappa shape index (κ2) is 9.79.